The summed E-state index contributed by atoms with van der Waals surface area (Å²) in [5, 5.41) is 8.00. The van der Waals surface area contributed by atoms with Crippen LogP contribution in [0.1, 0.15) is 41.5 Å². The molecule has 3 heterocycles. The molecule has 3 aliphatic heterocycles. The van der Waals surface area contributed by atoms with Crippen molar-refractivity contribution < 1.29 is 27.6 Å². The highest BCUT2D eigenvalue weighted by Gasteiger charge is 2.24. The number of carbonyl (C=O) groups is 3. The molecule has 3 aliphatic rings. The number of fused-ring (bicyclic) bond motifs is 3. The first-order chi connectivity index (χ1) is 20.8. The fourth-order valence-corrected chi connectivity index (χ4v) is 5.19. The van der Waals surface area contributed by atoms with E-state index in [0.717, 1.165) is 24.6 Å². The molecule has 3 amide bonds. The molecule has 0 spiro atoms. The molecular weight excluding hydrogens is 597 g/mol. The highest BCUT2D eigenvalue weighted by atomic mass is 35.5. The summed E-state index contributed by atoms with van der Waals surface area (Å²) in [6, 6.07) is 9.21. The Morgan fingerprint density at radius 3 is 1.70 bits per heavy atom. The Morgan fingerprint density at radius 2 is 1.14 bits per heavy atom. The largest absolute Gasteiger partial charge is 0.324 e. The summed E-state index contributed by atoms with van der Waals surface area (Å²) in [5.41, 5.74) is 21.5. The van der Waals surface area contributed by atoms with Crippen molar-refractivity contribution in [3.8, 4) is 0 Å². The minimum absolute atomic E-state index is 0.0503. The van der Waals surface area contributed by atoms with Crippen LogP contribution >= 0.6 is 11.6 Å². The number of nitrogens with one attached hydrogen (secondary N) is 3. The molecule has 13 heteroatoms. The number of anilines is 3. The third-order valence-corrected chi connectivity index (χ3v) is 7.69. The minimum atomic E-state index is -0.757. The second-order valence-electron chi connectivity index (χ2n) is 10.9. The van der Waals surface area contributed by atoms with Gasteiger partial charge < -0.3 is 33.2 Å². The van der Waals surface area contributed by atoms with Crippen LogP contribution in [0.5, 0.6) is 0 Å². The molecule has 0 saturated heterocycles. The first-order valence-corrected chi connectivity index (χ1v) is 14.4. The maximum Gasteiger partial charge on any atom is 0.241 e. The molecule has 0 fully saturated rings. The van der Waals surface area contributed by atoms with Crippen LogP contribution in [0.15, 0.2) is 42.5 Å². The second-order valence-corrected chi connectivity index (χ2v) is 11.3. The van der Waals surface area contributed by atoms with Crippen molar-refractivity contribution in [2.45, 2.75) is 63.6 Å². The number of rotatable bonds is 0. The Hall–Kier alpha value is -3.97. The monoisotopic (exact) mass is 630 g/mol. The van der Waals surface area contributed by atoms with Crippen LogP contribution < -0.4 is 33.2 Å². The predicted molar refractivity (Wildman–Crippen MR) is 164 cm³/mol. The molecule has 0 unspecified atom stereocenters. The Kier molecular flexibility index (Phi) is 10.6. The zero-order valence-corrected chi connectivity index (χ0v) is 24.7. The Labute approximate surface area is 257 Å². The van der Waals surface area contributed by atoms with Crippen molar-refractivity contribution >= 4 is 46.4 Å². The van der Waals surface area contributed by atoms with Crippen molar-refractivity contribution in [1.29, 1.82) is 0 Å². The van der Waals surface area contributed by atoms with Crippen LogP contribution in [0, 0.1) is 24.4 Å². The topological polar surface area (TPSA) is 165 Å². The molecule has 6 rings (SSSR count). The summed E-state index contributed by atoms with van der Waals surface area (Å²) in [5.74, 6) is -2.77. The second kappa shape index (κ2) is 14.2. The van der Waals surface area contributed by atoms with Gasteiger partial charge in [0.25, 0.3) is 0 Å². The molecule has 9 N–H and O–H groups in total. The molecule has 0 radical (unpaired) electrons. The number of hydrogen-bond donors (Lipinski definition) is 6. The van der Waals surface area contributed by atoms with Crippen LogP contribution in [-0.2, 0) is 33.6 Å². The van der Waals surface area contributed by atoms with Gasteiger partial charge >= 0.3 is 0 Å². The molecule has 0 bridgehead atoms. The number of carbonyl (C=O) groups excluding carboxylic acids is 3. The zero-order valence-electron chi connectivity index (χ0n) is 24.0. The van der Waals surface area contributed by atoms with E-state index in [2.05, 4.69) is 22.0 Å². The molecule has 3 aromatic carbocycles. The molecule has 44 heavy (non-hydrogen) atoms. The summed E-state index contributed by atoms with van der Waals surface area (Å²) in [6.45, 7) is 2.05. The van der Waals surface area contributed by atoms with Crippen molar-refractivity contribution in [2.24, 2.45) is 17.2 Å². The van der Waals surface area contributed by atoms with Crippen molar-refractivity contribution in [3.05, 3.63) is 87.2 Å². The van der Waals surface area contributed by atoms with Gasteiger partial charge in [-0.2, -0.15) is 0 Å². The summed E-state index contributed by atoms with van der Waals surface area (Å²) >= 11 is 5.72. The van der Waals surface area contributed by atoms with Gasteiger partial charge in [-0.3, -0.25) is 14.4 Å². The fourth-order valence-electron chi connectivity index (χ4n) is 4.96. The van der Waals surface area contributed by atoms with Crippen LogP contribution in [0.3, 0.4) is 0 Å². The predicted octanol–water partition coefficient (Wildman–Crippen LogP) is 4.07. The maximum absolute atomic E-state index is 13.5. The van der Waals surface area contributed by atoms with Gasteiger partial charge in [0.1, 0.15) is 17.5 Å². The molecule has 3 aromatic rings. The summed E-state index contributed by atoms with van der Waals surface area (Å²) < 4.78 is 39.7. The van der Waals surface area contributed by atoms with E-state index in [1.54, 1.807) is 6.07 Å². The van der Waals surface area contributed by atoms with Gasteiger partial charge in [-0.1, -0.05) is 29.3 Å². The van der Waals surface area contributed by atoms with Crippen LogP contribution in [-0.4, -0.2) is 35.8 Å². The summed E-state index contributed by atoms with van der Waals surface area (Å²) in [6.07, 6.45) is 3.43. The average molecular weight is 631 g/mol. The van der Waals surface area contributed by atoms with E-state index in [1.165, 1.54) is 23.3 Å². The lowest BCUT2D eigenvalue weighted by Gasteiger charge is -2.08. The highest BCUT2D eigenvalue weighted by Crippen LogP contribution is 2.29. The quantitative estimate of drug-likeness (QED) is 0.219. The fraction of sp³-hybridized carbons (Fsp3) is 0.323. The Balaban J connectivity index is 0.000000151. The number of benzene rings is 3. The average Bonchev–Trinajstić information content (AvgIpc) is 3.28. The Bertz CT molecular complexity index is 1510. The Morgan fingerprint density at radius 1 is 0.659 bits per heavy atom. The van der Waals surface area contributed by atoms with Crippen LogP contribution in [0.4, 0.5) is 30.2 Å². The highest BCUT2D eigenvalue weighted by molar-refractivity contribution is 6.30. The van der Waals surface area contributed by atoms with Gasteiger partial charge in [-0.15, -0.1) is 0 Å². The van der Waals surface area contributed by atoms with E-state index >= 15 is 0 Å². The van der Waals surface area contributed by atoms with Crippen LogP contribution in [0.2, 0.25) is 5.02 Å². The van der Waals surface area contributed by atoms with E-state index in [4.69, 9.17) is 28.8 Å². The maximum atomic E-state index is 13.5. The number of aryl methyl sites for hydroxylation is 4. The van der Waals surface area contributed by atoms with Gasteiger partial charge in [-0.05, 0) is 86.4 Å². The van der Waals surface area contributed by atoms with E-state index in [0.29, 0.717) is 41.8 Å². The summed E-state index contributed by atoms with van der Waals surface area (Å²) in [7, 11) is 0. The van der Waals surface area contributed by atoms with Gasteiger partial charge in [-0.25, -0.2) is 13.2 Å². The SMILES string of the molecule is Cc1ccc2c(c1)CC[C@H](N)C(=O)N2.N[C@H]1CCc2cc(Cl)cc(F)c2NC1=O.N[C@H]1CCc2cc(F)cc(F)c2NC1=O. The lowest BCUT2D eigenvalue weighted by atomic mass is 10.0. The standard InChI is InChI=1S/C11H14N2O.C10H10ClFN2O.C10H10F2N2O/c1-7-2-5-10-8(6-7)3-4-9(12)11(14)13-10;2*11-6-3-5-1-2-8(13)10(15)14-9(5)7(12)4-6/h2,5-6,9H,3-4,12H2,1H3,(H,13,14);2*3-4,8H,1-2,13H2,(H,14,15)/t9-;2*8-/m000/s1. The van der Waals surface area contributed by atoms with Crippen molar-refractivity contribution in [3.63, 3.8) is 0 Å². The van der Waals surface area contributed by atoms with Gasteiger partial charge in [0.15, 0.2) is 0 Å². The molecule has 0 aromatic heterocycles. The van der Waals surface area contributed by atoms with E-state index < -0.39 is 35.4 Å². The normalized spacial score (nSPS) is 20.6. The van der Waals surface area contributed by atoms with E-state index in [-0.39, 0.29) is 29.2 Å². The third-order valence-electron chi connectivity index (χ3n) is 7.47. The van der Waals surface area contributed by atoms with Crippen molar-refractivity contribution in [2.75, 3.05) is 16.0 Å². The third kappa shape index (κ3) is 8.14. The number of amides is 3. The first-order valence-electron chi connectivity index (χ1n) is 14.1. The smallest absolute Gasteiger partial charge is 0.241 e. The molecule has 234 valence electrons. The number of nitrogens with two attached hydrogens (primary N) is 3. The van der Waals surface area contributed by atoms with Crippen molar-refractivity contribution in [1.82, 2.24) is 0 Å². The lowest BCUT2D eigenvalue weighted by Crippen LogP contribution is -2.34. The molecule has 3 atom stereocenters. The summed E-state index contributed by atoms with van der Waals surface area (Å²) in [4.78, 5) is 34.1. The molecule has 0 aliphatic carbocycles. The number of hydrogen-bond acceptors (Lipinski definition) is 6. The first kappa shape index (κ1) is 32.9. The van der Waals surface area contributed by atoms with E-state index in [9.17, 15) is 27.6 Å². The van der Waals surface area contributed by atoms with Crippen LogP contribution in [0.25, 0.3) is 0 Å². The lowest BCUT2D eigenvalue weighted by molar-refractivity contribution is -0.118. The molecule has 9 nitrogen and oxygen atoms in total. The minimum Gasteiger partial charge on any atom is -0.324 e. The molecule has 0 saturated carbocycles. The molecular formula is C31H34ClF3N6O3. The zero-order chi connectivity index (χ0) is 32.1. The van der Waals surface area contributed by atoms with Gasteiger partial charge in [0, 0.05) is 16.8 Å². The van der Waals surface area contributed by atoms with Gasteiger partial charge in [0.2, 0.25) is 17.7 Å². The van der Waals surface area contributed by atoms with Gasteiger partial charge in [0.05, 0.1) is 29.5 Å². The van der Waals surface area contributed by atoms with E-state index in [1.807, 2.05) is 19.1 Å². The number of halogens is 4.